The van der Waals surface area contributed by atoms with E-state index < -0.39 is 23.7 Å². The summed E-state index contributed by atoms with van der Waals surface area (Å²) in [7, 11) is 0. The van der Waals surface area contributed by atoms with E-state index in [1.807, 2.05) is 0 Å². The van der Waals surface area contributed by atoms with Crippen LogP contribution in [-0.2, 0) is 11.0 Å². The van der Waals surface area contributed by atoms with Crippen LogP contribution in [-0.4, -0.2) is 24.4 Å². The van der Waals surface area contributed by atoms with Gasteiger partial charge in [-0.3, -0.25) is 9.59 Å². The van der Waals surface area contributed by atoms with E-state index in [4.69, 9.17) is 0 Å². The van der Waals surface area contributed by atoms with Crippen molar-refractivity contribution in [3.8, 4) is 0 Å². The summed E-state index contributed by atoms with van der Waals surface area (Å²) in [5, 5.41) is 8.22. The number of hydrogen-bond acceptors (Lipinski definition) is 3. The Kier molecular flexibility index (Phi) is 5.34. The minimum absolute atomic E-state index is 0.209. The number of rotatable bonds is 4. The van der Waals surface area contributed by atoms with Crippen LogP contribution >= 0.6 is 0 Å². The van der Waals surface area contributed by atoms with Gasteiger partial charge in [0.2, 0.25) is 5.91 Å². The monoisotopic (exact) mass is 377 g/mol. The van der Waals surface area contributed by atoms with Crippen LogP contribution in [0.15, 0.2) is 48.5 Å². The smallest absolute Gasteiger partial charge is 0.355 e. The van der Waals surface area contributed by atoms with Crippen LogP contribution in [0.3, 0.4) is 0 Å². The summed E-state index contributed by atoms with van der Waals surface area (Å²) < 4.78 is 38.6. The molecule has 142 valence electrons. The number of hydrogen-bond donors (Lipinski definition) is 3. The normalized spacial score (nSPS) is 17.1. The van der Waals surface area contributed by atoms with Gasteiger partial charge in [-0.25, -0.2) is 0 Å². The van der Waals surface area contributed by atoms with Crippen molar-refractivity contribution in [1.82, 2.24) is 10.6 Å². The van der Waals surface area contributed by atoms with Gasteiger partial charge < -0.3 is 16.0 Å². The molecule has 1 atom stereocenters. The van der Waals surface area contributed by atoms with E-state index in [1.54, 1.807) is 24.3 Å². The van der Waals surface area contributed by atoms with Gasteiger partial charge in [0.25, 0.3) is 5.91 Å². The zero-order chi connectivity index (χ0) is 19.4. The third kappa shape index (κ3) is 4.58. The molecule has 1 aliphatic rings. The average molecular weight is 377 g/mol. The van der Waals surface area contributed by atoms with Gasteiger partial charge in [0, 0.05) is 12.2 Å². The second-order valence-corrected chi connectivity index (χ2v) is 6.21. The summed E-state index contributed by atoms with van der Waals surface area (Å²) in [6, 6.07) is 10.6. The molecule has 1 saturated heterocycles. The van der Waals surface area contributed by atoms with Crippen molar-refractivity contribution >= 4 is 23.2 Å². The van der Waals surface area contributed by atoms with E-state index in [9.17, 15) is 22.8 Å². The summed E-state index contributed by atoms with van der Waals surface area (Å²) in [5.41, 5.74) is 0.0209. The Morgan fingerprint density at radius 2 is 1.89 bits per heavy atom. The van der Waals surface area contributed by atoms with Crippen molar-refractivity contribution in [2.45, 2.75) is 25.1 Å². The minimum atomic E-state index is -4.46. The Morgan fingerprint density at radius 1 is 1.11 bits per heavy atom. The van der Waals surface area contributed by atoms with Crippen molar-refractivity contribution < 1.29 is 22.8 Å². The van der Waals surface area contributed by atoms with E-state index in [-0.39, 0.29) is 17.2 Å². The number of halogens is 3. The number of piperidine rings is 1. The van der Waals surface area contributed by atoms with Gasteiger partial charge in [-0.05, 0) is 43.2 Å². The standard InChI is InChI=1S/C19H18F3N3O2/c20-19(21,22)12-5-3-6-13(11-12)24-15-8-2-1-7-14(15)17(26)25-16-9-4-10-23-18(16)27/h1-3,5-8,11,16,24H,4,9-10H2,(H,23,27)(H,25,26). The zero-order valence-electron chi connectivity index (χ0n) is 14.3. The largest absolute Gasteiger partial charge is 0.416 e. The molecule has 0 saturated carbocycles. The van der Waals surface area contributed by atoms with Crippen LogP contribution < -0.4 is 16.0 Å². The summed E-state index contributed by atoms with van der Waals surface area (Å²) in [4.78, 5) is 24.4. The molecule has 1 fully saturated rings. The third-order valence-corrected chi connectivity index (χ3v) is 4.23. The molecule has 2 amide bonds. The van der Waals surface area contributed by atoms with Crippen LogP contribution in [0.2, 0.25) is 0 Å². The van der Waals surface area contributed by atoms with Gasteiger partial charge in [-0.15, -0.1) is 0 Å². The zero-order valence-corrected chi connectivity index (χ0v) is 14.3. The average Bonchev–Trinajstić information content (AvgIpc) is 2.63. The molecule has 0 bridgehead atoms. The lowest BCUT2D eigenvalue weighted by atomic mass is 10.1. The summed E-state index contributed by atoms with van der Waals surface area (Å²) in [6.45, 7) is 0.582. The van der Waals surface area contributed by atoms with E-state index in [2.05, 4.69) is 16.0 Å². The lowest BCUT2D eigenvalue weighted by Crippen LogP contribution is -2.50. The Bertz CT molecular complexity index is 852. The van der Waals surface area contributed by atoms with Gasteiger partial charge in [0.1, 0.15) is 6.04 Å². The fraction of sp³-hybridized carbons (Fsp3) is 0.263. The van der Waals surface area contributed by atoms with E-state index >= 15 is 0 Å². The molecule has 0 spiro atoms. The number of nitrogens with one attached hydrogen (secondary N) is 3. The number of carbonyl (C=O) groups excluding carboxylic acids is 2. The highest BCUT2D eigenvalue weighted by molar-refractivity contribution is 6.02. The molecule has 2 aromatic carbocycles. The first-order valence-corrected chi connectivity index (χ1v) is 8.46. The fourth-order valence-electron chi connectivity index (χ4n) is 2.86. The molecule has 2 aromatic rings. The first-order chi connectivity index (χ1) is 12.8. The summed E-state index contributed by atoms with van der Waals surface area (Å²) in [5.74, 6) is -0.704. The summed E-state index contributed by atoms with van der Waals surface area (Å²) in [6.07, 6.45) is -3.15. The quantitative estimate of drug-likeness (QED) is 0.764. The molecule has 8 heteroatoms. The SMILES string of the molecule is O=C(NC1CCCNC1=O)c1ccccc1Nc1cccc(C(F)(F)F)c1. The molecular formula is C19H18F3N3O2. The second-order valence-electron chi connectivity index (χ2n) is 6.21. The molecule has 3 N–H and O–H groups in total. The number of para-hydroxylation sites is 1. The molecule has 1 unspecified atom stereocenters. The maximum Gasteiger partial charge on any atom is 0.416 e. The Morgan fingerprint density at radius 3 is 2.63 bits per heavy atom. The van der Waals surface area contributed by atoms with Crippen molar-refractivity contribution in [1.29, 1.82) is 0 Å². The van der Waals surface area contributed by atoms with Crippen molar-refractivity contribution in [3.05, 3.63) is 59.7 Å². The Balaban J connectivity index is 1.80. The number of anilines is 2. The van der Waals surface area contributed by atoms with Crippen LogP contribution in [0.25, 0.3) is 0 Å². The fourth-order valence-corrected chi connectivity index (χ4v) is 2.86. The maximum atomic E-state index is 12.9. The lowest BCUT2D eigenvalue weighted by Gasteiger charge is -2.23. The van der Waals surface area contributed by atoms with Crippen molar-refractivity contribution in [2.75, 3.05) is 11.9 Å². The number of amides is 2. The van der Waals surface area contributed by atoms with E-state index in [0.29, 0.717) is 18.7 Å². The van der Waals surface area contributed by atoms with Gasteiger partial charge >= 0.3 is 6.18 Å². The minimum Gasteiger partial charge on any atom is -0.355 e. The molecule has 5 nitrogen and oxygen atoms in total. The Hall–Kier alpha value is -3.03. The molecule has 1 heterocycles. The first kappa shape index (κ1) is 18.8. The topological polar surface area (TPSA) is 70.2 Å². The molecule has 0 aliphatic carbocycles. The first-order valence-electron chi connectivity index (χ1n) is 8.46. The van der Waals surface area contributed by atoms with E-state index in [0.717, 1.165) is 18.6 Å². The molecule has 0 radical (unpaired) electrons. The predicted octanol–water partition coefficient (Wildman–Crippen LogP) is 3.46. The molecule has 0 aromatic heterocycles. The van der Waals surface area contributed by atoms with Crippen molar-refractivity contribution in [2.24, 2.45) is 0 Å². The molecule has 27 heavy (non-hydrogen) atoms. The van der Waals surface area contributed by atoms with Crippen LogP contribution in [0.1, 0.15) is 28.8 Å². The predicted molar refractivity (Wildman–Crippen MR) is 94.7 cm³/mol. The van der Waals surface area contributed by atoms with Crippen molar-refractivity contribution in [3.63, 3.8) is 0 Å². The van der Waals surface area contributed by atoms with Crippen LogP contribution in [0.5, 0.6) is 0 Å². The highest BCUT2D eigenvalue weighted by Gasteiger charge is 2.30. The number of alkyl halides is 3. The maximum absolute atomic E-state index is 12.9. The van der Waals surface area contributed by atoms with Crippen LogP contribution in [0, 0.1) is 0 Å². The highest BCUT2D eigenvalue weighted by Crippen LogP contribution is 2.31. The van der Waals surface area contributed by atoms with Gasteiger partial charge in [-0.1, -0.05) is 18.2 Å². The van der Waals surface area contributed by atoms with Gasteiger partial charge in [0.15, 0.2) is 0 Å². The van der Waals surface area contributed by atoms with Crippen LogP contribution in [0.4, 0.5) is 24.5 Å². The molecule has 3 rings (SSSR count). The number of carbonyl (C=O) groups is 2. The molecular weight excluding hydrogens is 359 g/mol. The Labute approximate surface area is 154 Å². The lowest BCUT2D eigenvalue weighted by molar-refractivity contribution is -0.137. The summed E-state index contributed by atoms with van der Waals surface area (Å²) >= 11 is 0. The van der Waals surface area contributed by atoms with Gasteiger partial charge in [-0.2, -0.15) is 13.2 Å². The number of benzene rings is 2. The molecule has 1 aliphatic heterocycles. The highest BCUT2D eigenvalue weighted by atomic mass is 19.4. The third-order valence-electron chi connectivity index (χ3n) is 4.23. The second kappa shape index (κ2) is 7.69. The van der Waals surface area contributed by atoms with E-state index in [1.165, 1.54) is 12.1 Å². The van der Waals surface area contributed by atoms with Gasteiger partial charge in [0.05, 0.1) is 16.8 Å².